The Labute approximate surface area is 57.5 Å². The van der Waals surface area contributed by atoms with Crippen LogP contribution in [0, 0.1) is 0 Å². The fourth-order valence-corrected chi connectivity index (χ4v) is 0.884. The lowest BCUT2D eigenvalue weighted by atomic mass is 10.4. The molecule has 0 unspecified atom stereocenters. The van der Waals surface area contributed by atoms with Crippen LogP contribution in [-0.4, -0.2) is 6.67 Å². The third kappa shape index (κ3) is 7.93. The zero-order chi connectivity index (χ0) is 6.95. The van der Waals surface area contributed by atoms with E-state index in [0.717, 1.165) is 0 Å². The van der Waals surface area contributed by atoms with Gasteiger partial charge in [0.25, 0.3) is 0 Å². The number of hydrogen-bond acceptors (Lipinski definition) is 0. The van der Waals surface area contributed by atoms with Crippen LogP contribution in [0.3, 0.4) is 0 Å². The lowest BCUT2D eigenvalue weighted by molar-refractivity contribution is 0.487. The summed E-state index contributed by atoms with van der Waals surface area (Å²) in [5.41, 5.74) is 0. The van der Waals surface area contributed by atoms with Gasteiger partial charge >= 0.3 is 0 Å². The zero-order valence-electron chi connectivity index (χ0n) is 6.33. The third-order valence-electron chi connectivity index (χ3n) is 1.44. The highest BCUT2D eigenvalue weighted by Crippen LogP contribution is 2.15. The summed E-state index contributed by atoms with van der Waals surface area (Å²) in [6, 6.07) is 0. The van der Waals surface area contributed by atoms with Gasteiger partial charge in [-0.3, -0.25) is 4.39 Å². The second-order valence-corrected chi connectivity index (χ2v) is 2.46. The molecule has 0 amide bonds. The molecular formula is C8H17F. The van der Waals surface area contributed by atoms with Crippen LogP contribution < -0.4 is 0 Å². The van der Waals surface area contributed by atoms with Crippen LogP contribution in [0.2, 0.25) is 0 Å². The molecule has 1 heteroatoms. The van der Waals surface area contributed by atoms with E-state index in [1.54, 1.807) is 6.92 Å². The summed E-state index contributed by atoms with van der Waals surface area (Å²) >= 11 is 0. The Kier molecular flexibility index (Phi) is 7.87. The predicted octanol–water partition coefficient (Wildman–Crippen LogP) is 3.32. The summed E-state index contributed by atoms with van der Waals surface area (Å²) in [4.78, 5) is 0. The minimum Gasteiger partial charge on any atom is -0.251 e. The molecule has 1 aliphatic rings. The van der Waals surface area contributed by atoms with E-state index >= 15 is 0 Å². The molecule has 0 saturated heterocycles. The molecule has 1 rings (SSSR count). The molecule has 56 valence electrons. The highest BCUT2D eigenvalue weighted by molar-refractivity contribution is 4.51. The third-order valence-corrected chi connectivity index (χ3v) is 1.44. The van der Waals surface area contributed by atoms with Gasteiger partial charge in [-0.1, -0.05) is 39.0 Å². The SMILES string of the molecule is C1CCCC1.CCCF. The summed E-state index contributed by atoms with van der Waals surface area (Å²) < 4.78 is 10.7. The van der Waals surface area contributed by atoms with E-state index in [-0.39, 0.29) is 6.67 Å². The van der Waals surface area contributed by atoms with E-state index in [4.69, 9.17) is 0 Å². The smallest absolute Gasteiger partial charge is 0.0891 e. The van der Waals surface area contributed by atoms with Crippen LogP contribution in [0.4, 0.5) is 4.39 Å². The number of halogens is 1. The molecule has 1 saturated carbocycles. The maximum atomic E-state index is 10.7. The molecule has 0 aromatic rings. The first-order chi connectivity index (χ1) is 4.41. The lowest BCUT2D eigenvalue weighted by Gasteiger charge is -1.67. The topological polar surface area (TPSA) is 0 Å². The predicted molar refractivity (Wildman–Crippen MR) is 39.4 cm³/mol. The fraction of sp³-hybridized carbons (Fsp3) is 1.00. The van der Waals surface area contributed by atoms with Gasteiger partial charge in [0, 0.05) is 0 Å². The average Bonchev–Trinajstić information content (AvgIpc) is 2.43. The van der Waals surface area contributed by atoms with Crippen molar-refractivity contribution < 1.29 is 4.39 Å². The first-order valence-corrected chi connectivity index (χ1v) is 3.97. The van der Waals surface area contributed by atoms with Crippen LogP contribution in [0.25, 0.3) is 0 Å². The standard InChI is InChI=1S/C5H10.C3H7F/c1-2-4-5-3-1;1-2-3-4/h1-5H2;2-3H2,1H3. The van der Waals surface area contributed by atoms with Gasteiger partial charge in [0.1, 0.15) is 0 Å². The van der Waals surface area contributed by atoms with Gasteiger partial charge in [-0.2, -0.15) is 0 Å². The van der Waals surface area contributed by atoms with Crippen molar-refractivity contribution >= 4 is 0 Å². The van der Waals surface area contributed by atoms with Crippen molar-refractivity contribution in [1.29, 1.82) is 0 Å². The van der Waals surface area contributed by atoms with Crippen molar-refractivity contribution in [3.8, 4) is 0 Å². The molecule has 1 aliphatic carbocycles. The molecule has 0 bridgehead atoms. The van der Waals surface area contributed by atoms with E-state index in [9.17, 15) is 4.39 Å². The molecule has 0 spiro atoms. The van der Waals surface area contributed by atoms with Gasteiger partial charge in [-0.25, -0.2) is 0 Å². The van der Waals surface area contributed by atoms with E-state index in [1.807, 2.05) is 0 Å². The fourth-order valence-electron chi connectivity index (χ4n) is 0.884. The Morgan fingerprint density at radius 3 is 1.33 bits per heavy atom. The number of rotatable bonds is 1. The maximum Gasteiger partial charge on any atom is 0.0891 e. The first kappa shape index (κ1) is 8.93. The molecule has 0 atom stereocenters. The summed E-state index contributed by atoms with van der Waals surface area (Å²) in [5.74, 6) is 0. The molecule has 0 N–H and O–H groups in total. The van der Waals surface area contributed by atoms with E-state index in [0.29, 0.717) is 6.42 Å². The average molecular weight is 132 g/mol. The molecular weight excluding hydrogens is 115 g/mol. The van der Waals surface area contributed by atoms with Gasteiger partial charge in [-0.05, 0) is 6.42 Å². The van der Waals surface area contributed by atoms with Gasteiger partial charge in [-0.15, -0.1) is 0 Å². The van der Waals surface area contributed by atoms with Crippen molar-refractivity contribution in [1.82, 2.24) is 0 Å². The Hall–Kier alpha value is -0.0700. The summed E-state index contributed by atoms with van der Waals surface area (Å²) in [5, 5.41) is 0. The minimum atomic E-state index is -0.181. The Bertz CT molecular complexity index is 30.2. The largest absolute Gasteiger partial charge is 0.251 e. The number of hydrogen-bond donors (Lipinski definition) is 0. The normalized spacial score (nSPS) is 16.7. The highest BCUT2D eigenvalue weighted by atomic mass is 19.1. The van der Waals surface area contributed by atoms with Gasteiger partial charge in [0.15, 0.2) is 0 Å². The summed E-state index contributed by atoms with van der Waals surface area (Å²) in [6.07, 6.45) is 8.15. The van der Waals surface area contributed by atoms with Crippen molar-refractivity contribution in [2.75, 3.05) is 6.67 Å². The first-order valence-electron chi connectivity index (χ1n) is 3.97. The minimum absolute atomic E-state index is 0.181. The molecule has 0 aliphatic heterocycles. The van der Waals surface area contributed by atoms with E-state index < -0.39 is 0 Å². The summed E-state index contributed by atoms with van der Waals surface area (Å²) in [6.45, 7) is 1.62. The summed E-state index contributed by atoms with van der Waals surface area (Å²) in [7, 11) is 0. The van der Waals surface area contributed by atoms with E-state index in [2.05, 4.69) is 0 Å². The molecule has 0 aromatic heterocycles. The van der Waals surface area contributed by atoms with Gasteiger partial charge < -0.3 is 0 Å². The zero-order valence-corrected chi connectivity index (χ0v) is 6.33. The second kappa shape index (κ2) is 7.93. The van der Waals surface area contributed by atoms with Crippen LogP contribution >= 0.6 is 0 Å². The lowest BCUT2D eigenvalue weighted by Crippen LogP contribution is -1.58. The molecule has 0 aromatic carbocycles. The van der Waals surface area contributed by atoms with Crippen molar-refractivity contribution in [3.05, 3.63) is 0 Å². The molecule has 0 heterocycles. The number of alkyl halides is 1. The molecule has 0 nitrogen and oxygen atoms in total. The molecule has 1 fully saturated rings. The van der Waals surface area contributed by atoms with Crippen LogP contribution in [0.5, 0.6) is 0 Å². The Morgan fingerprint density at radius 1 is 1.00 bits per heavy atom. The van der Waals surface area contributed by atoms with Crippen molar-refractivity contribution in [2.24, 2.45) is 0 Å². The van der Waals surface area contributed by atoms with Crippen LogP contribution in [0.1, 0.15) is 45.4 Å². The van der Waals surface area contributed by atoms with Crippen LogP contribution in [0.15, 0.2) is 0 Å². The molecule has 9 heavy (non-hydrogen) atoms. The quantitative estimate of drug-likeness (QED) is 0.513. The van der Waals surface area contributed by atoms with Crippen LogP contribution in [-0.2, 0) is 0 Å². The van der Waals surface area contributed by atoms with Gasteiger partial charge in [0.2, 0.25) is 0 Å². The Morgan fingerprint density at radius 2 is 1.22 bits per heavy atom. The van der Waals surface area contributed by atoms with E-state index in [1.165, 1.54) is 32.1 Å². The second-order valence-electron chi connectivity index (χ2n) is 2.46. The van der Waals surface area contributed by atoms with Crippen molar-refractivity contribution in [2.45, 2.75) is 45.4 Å². The Balaban J connectivity index is 0.000000148. The molecule has 0 radical (unpaired) electrons. The highest BCUT2D eigenvalue weighted by Gasteiger charge is 1.95. The maximum absolute atomic E-state index is 10.7. The van der Waals surface area contributed by atoms with Crippen molar-refractivity contribution in [3.63, 3.8) is 0 Å². The monoisotopic (exact) mass is 132 g/mol. The van der Waals surface area contributed by atoms with Gasteiger partial charge in [0.05, 0.1) is 6.67 Å².